The molecule has 1 aromatic heterocycles. The maximum atomic E-state index is 11.3. The van der Waals surface area contributed by atoms with E-state index in [1.165, 1.54) is 0 Å². The van der Waals surface area contributed by atoms with Gasteiger partial charge in [-0.15, -0.1) is 10.2 Å². The minimum absolute atomic E-state index is 0.0907. The number of aromatic amines is 1. The lowest BCUT2D eigenvalue weighted by Gasteiger charge is -2.09. The molecule has 0 aliphatic carbocycles. The number of H-pyrrole nitrogens is 1. The second-order valence-corrected chi connectivity index (χ2v) is 3.08. The molecule has 0 aromatic carbocycles. The number of hydrogen-bond acceptors (Lipinski definition) is 6. The van der Waals surface area contributed by atoms with Gasteiger partial charge in [-0.25, -0.2) is 0 Å². The summed E-state index contributed by atoms with van der Waals surface area (Å²) >= 11 is 0. The van der Waals surface area contributed by atoms with E-state index in [1.807, 2.05) is 0 Å². The molecule has 0 saturated heterocycles. The Morgan fingerprint density at radius 1 is 1.56 bits per heavy atom. The van der Waals surface area contributed by atoms with E-state index in [1.54, 1.807) is 0 Å². The van der Waals surface area contributed by atoms with E-state index in [2.05, 4.69) is 25.9 Å². The molecule has 0 bridgehead atoms. The van der Waals surface area contributed by atoms with Crippen LogP contribution in [0.4, 0.5) is 0 Å². The molecule has 0 saturated carbocycles. The molecule has 9 nitrogen and oxygen atoms in total. The van der Waals surface area contributed by atoms with Crippen molar-refractivity contribution in [1.82, 2.24) is 25.9 Å². The molecule has 1 heterocycles. The number of hydrogen-bond donors (Lipinski definition) is 4. The second-order valence-electron chi connectivity index (χ2n) is 3.08. The lowest BCUT2D eigenvalue weighted by Crippen LogP contribution is -2.40. The summed E-state index contributed by atoms with van der Waals surface area (Å²) in [7, 11) is 0. The number of nitrogens with zero attached hydrogens (tertiary/aromatic N) is 3. The Labute approximate surface area is 90.4 Å². The number of nitrogens with two attached hydrogens (primary N) is 1. The van der Waals surface area contributed by atoms with Gasteiger partial charge in [0.25, 0.3) is 0 Å². The van der Waals surface area contributed by atoms with Crippen LogP contribution in [-0.2, 0) is 16.1 Å². The van der Waals surface area contributed by atoms with Gasteiger partial charge in [-0.3, -0.25) is 9.59 Å². The Kier molecular flexibility index (Phi) is 4.33. The zero-order valence-electron chi connectivity index (χ0n) is 8.38. The predicted octanol–water partition coefficient (Wildman–Crippen LogP) is -1.99. The first-order valence-corrected chi connectivity index (χ1v) is 4.57. The highest BCUT2D eigenvalue weighted by Crippen LogP contribution is 1.95. The van der Waals surface area contributed by atoms with Crippen molar-refractivity contribution in [2.75, 3.05) is 0 Å². The fourth-order valence-electron chi connectivity index (χ4n) is 0.965. The van der Waals surface area contributed by atoms with Crippen LogP contribution in [0.2, 0.25) is 0 Å². The van der Waals surface area contributed by atoms with Crippen LogP contribution in [0.3, 0.4) is 0 Å². The van der Waals surface area contributed by atoms with E-state index < -0.39 is 17.9 Å². The second kappa shape index (κ2) is 5.75. The zero-order chi connectivity index (χ0) is 12.0. The highest BCUT2D eigenvalue weighted by Gasteiger charge is 2.14. The van der Waals surface area contributed by atoms with Crippen molar-refractivity contribution in [3.05, 3.63) is 5.82 Å². The molecule has 1 rings (SSSR count). The average Bonchev–Trinajstić information content (AvgIpc) is 2.75. The molecule has 1 unspecified atom stereocenters. The monoisotopic (exact) mass is 228 g/mol. The molecule has 0 aliphatic rings. The molecule has 1 aromatic rings. The highest BCUT2D eigenvalue weighted by atomic mass is 16.4. The van der Waals surface area contributed by atoms with E-state index >= 15 is 0 Å². The van der Waals surface area contributed by atoms with Crippen molar-refractivity contribution in [3.63, 3.8) is 0 Å². The van der Waals surface area contributed by atoms with Gasteiger partial charge in [0.05, 0.1) is 12.6 Å². The molecule has 5 N–H and O–H groups in total. The van der Waals surface area contributed by atoms with Gasteiger partial charge < -0.3 is 16.2 Å². The van der Waals surface area contributed by atoms with Crippen LogP contribution >= 0.6 is 0 Å². The number of carbonyl (C=O) groups is 2. The fraction of sp³-hybridized carbons (Fsp3) is 0.571. The first-order chi connectivity index (χ1) is 7.59. The molecule has 1 amide bonds. The van der Waals surface area contributed by atoms with E-state index in [0.717, 1.165) is 0 Å². The van der Waals surface area contributed by atoms with E-state index in [4.69, 9.17) is 10.8 Å². The lowest BCUT2D eigenvalue weighted by molar-refractivity contribution is -0.137. The third-order valence-electron chi connectivity index (χ3n) is 1.82. The van der Waals surface area contributed by atoms with Gasteiger partial charge in [0.2, 0.25) is 5.91 Å². The van der Waals surface area contributed by atoms with Crippen molar-refractivity contribution >= 4 is 11.9 Å². The van der Waals surface area contributed by atoms with Crippen LogP contribution in [0.25, 0.3) is 0 Å². The topological polar surface area (TPSA) is 147 Å². The maximum absolute atomic E-state index is 11.3. The van der Waals surface area contributed by atoms with E-state index in [-0.39, 0.29) is 19.4 Å². The number of amides is 1. The summed E-state index contributed by atoms with van der Waals surface area (Å²) in [4.78, 5) is 21.6. The molecular weight excluding hydrogens is 216 g/mol. The van der Waals surface area contributed by atoms with Crippen molar-refractivity contribution in [2.45, 2.75) is 25.4 Å². The molecule has 1 atom stereocenters. The summed E-state index contributed by atoms with van der Waals surface area (Å²) in [5, 5.41) is 23.7. The van der Waals surface area contributed by atoms with Crippen LogP contribution in [0.15, 0.2) is 0 Å². The molecular formula is C7H12N6O3. The lowest BCUT2D eigenvalue weighted by atomic mass is 10.1. The van der Waals surface area contributed by atoms with Gasteiger partial charge in [0.1, 0.15) is 0 Å². The number of aliphatic carboxylic acids is 1. The summed E-state index contributed by atoms with van der Waals surface area (Å²) in [6.45, 7) is 0.107. The summed E-state index contributed by atoms with van der Waals surface area (Å²) in [5.41, 5.74) is 5.47. The fourth-order valence-corrected chi connectivity index (χ4v) is 0.965. The largest absolute Gasteiger partial charge is 0.481 e. The molecule has 0 fully saturated rings. The van der Waals surface area contributed by atoms with Gasteiger partial charge >= 0.3 is 5.97 Å². The molecule has 0 aliphatic heterocycles. The van der Waals surface area contributed by atoms with Gasteiger partial charge in [-0.1, -0.05) is 5.21 Å². The van der Waals surface area contributed by atoms with E-state index in [0.29, 0.717) is 5.82 Å². The van der Waals surface area contributed by atoms with Crippen LogP contribution in [0, 0.1) is 0 Å². The summed E-state index contributed by atoms with van der Waals surface area (Å²) in [6, 6.07) is -0.844. The number of rotatable bonds is 6. The number of carbonyl (C=O) groups excluding carboxylic acids is 1. The Morgan fingerprint density at radius 2 is 2.31 bits per heavy atom. The number of tetrazole rings is 1. The normalized spacial score (nSPS) is 12.1. The molecule has 0 spiro atoms. The minimum Gasteiger partial charge on any atom is -0.481 e. The Bertz CT molecular complexity index is 351. The standard InChI is InChI=1S/C7H12N6O3/c8-4(1-2-6(14)15)7(16)9-3-5-10-12-13-11-5/h4H,1-3,8H2,(H,9,16)(H,14,15)(H,10,11,12,13). The maximum Gasteiger partial charge on any atom is 0.303 e. The first-order valence-electron chi connectivity index (χ1n) is 4.57. The minimum atomic E-state index is -0.985. The third-order valence-corrected chi connectivity index (χ3v) is 1.82. The van der Waals surface area contributed by atoms with Gasteiger partial charge in [0, 0.05) is 6.42 Å². The van der Waals surface area contributed by atoms with Crippen LogP contribution in [0.5, 0.6) is 0 Å². The third kappa shape index (κ3) is 4.00. The van der Waals surface area contributed by atoms with Gasteiger partial charge in [0.15, 0.2) is 5.82 Å². The highest BCUT2D eigenvalue weighted by molar-refractivity contribution is 5.82. The summed E-state index contributed by atoms with van der Waals surface area (Å²) in [5.74, 6) is -1.09. The number of carboxylic acid groups (broad SMARTS) is 1. The van der Waals surface area contributed by atoms with Gasteiger partial charge in [-0.2, -0.15) is 5.21 Å². The van der Waals surface area contributed by atoms with Crippen molar-refractivity contribution in [2.24, 2.45) is 5.73 Å². The Hall–Kier alpha value is -2.03. The average molecular weight is 228 g/mol. The van der Waals surface area contributed by atoms with E-state index in [9.17, 15) is 9.59 Å². The first kappa shape index (κ1) is 12.0. The summed E-state index contributed by atoms with van der Waals surface area (Å²) < 4.78 is 0. The smallest absolute Gasteiger partial charge is 0.303 e. The van der Waals surface area contributed by atoms with Crippen molar-refractivity contribution < 1.29 is 14.7 Å². The number of carboxylic acids is 1. The number of nitrogens with one attached hydrogen (secondary N) is 2. The Morgan fingerprint density at radius 3 is 2.88 bits per heavy atom. The SMILES string of the molecule is NC(CCC(=O)O)C(=O)NCc1nn[nH]n1. The Balaban J connectivity index is 2.26. The molecule has 9 heteroatoms. The van der Waals surface area contributed by atoms with Crippen LogP contribution in [0.1, 0.15) is 18.7 Å². The van der Waals surface area contributed by atoms with Crippen LogP contribution in [-0.4, -0.2) is 43.6 Å². The van der Waals surface area contributed by atoms with Crippen LogP contribution < -0.4 is 11.1 Å². The molecule has 0 radical (unpaired) electrons. The summed E-state index contributed by atoms with van der Waals surface area (Å²) in [6.07, 6.45) is -0.0514. The van der Waals surface area contributed by atoms with Crippen molar-refractivity contribution in [1.29, 1.82) is 0 Å². The quantitative estimate of drug-likeness (QED) is 0.440. The van der Waals surface area contributed by atoms with Crippen molar-refractivity contribution in [3.8, 4) is 0 Å². The zero-order valence-corrected chi connectivity index (χ0v) is 8.38. The number of aromatic nitrogens is 4. The predicted molar refractivity (Wildman–Crippen MR) is 50.9 cm³/mol. The molecule has 16 heavy (non-hydrogen) atoms. The van der Waals surface area contributed by atoms with Gasteiger partial charge in [-0.05, 0) is 6.42 Å². The molecule has 88 valence electrons.